The van der Waals surface area contributed by atoms with Gasteiger partial charge in [-0.1, -0.05) is 111 Å². The largest absolute Gasteiger partial charge is 1.00 e. The number of aliphatic hydroxyl groups is 2. The summed E-state index contributed by atoms with van der Waals surface area (Å²) in [5.41, 5.74) is 4.51. The van der Waals surface area contributed by atoms with E-state index in [4.69, 9.17) is 54.0 Å². The molecule has 6 aromatic rings. The molecule has 100 heavy (non-hydrogen) atoms. The Morgan fingerprint density at radius 3 is 1.62 bits per heavy atom. The summed E-state index contributed by atoms with van der Waals surface area (Å²) in [5, 5.41) is 41.0. The Labute approximate surface area is 652 Å². The van der Waals surface area contributed by atoms with Crippen LogP contribution in [-0.2, 0) is 30.5 Å². The van der Waals surface area contributed by atoms with E-state index in [2.05, 4.69) is 52.9 Å². The zero-order valence-electron chi connectivity index (χ0n) is 61.6. The van der Waals surface area contributed by atoms with Gasteiger partial charge < -0.3 is 59.3 Å². The van der Waals surface area contributed by atoms with Gasteiger partial charge in [0, 0.05) is 109 Å². The summed E-state index contributed by atoms with van der Waals surface area (Å²) < 4.78 is 17.6. The van der Waals surface area contributed by atoms with Crippen molar-refractivity contribution in [2.45, 2.75) is 191 Å². The van der Waals surface area contributed by atoms with Crippen molar-refractivity contribution in [3.63, 3.8) is 0 Å². The average molecular weight is 1460 g/mol. The molecule has 4 aromatic carbocycles. The molecule has 0 saturated carbocycles. The maximum absolute atomic E-state index is 13.1. The Morgan fingerprint density at radius 2 is 1.18 bits per heavy atom. The molecule has 5 aliphatic heterocycles. The molecule has 2 aromatic heterocycles. The summed E-state index contributed by atoms with van der Waals surface area (Å²) in [6.07, 6.45) is 14.3. The number of hydrogen-bond donors (Lipinski definition) is 3. The van der Waals surface area contributed by atoms with Crippen LogP contribution in [0.25, 0.3) is 5.65 Å². The van der Waals surface area contributed by atoms with Crippen LogP contribution in [0.15, 0.2) is 128 Å². The van der Waals surface area contributed by atoms with Gasteiger partial charge in [-0.2, -0.15) is 4.98 Å². The van der Waals surface area contributed by atoms with Crippen molar-refractivity contribution < 1.29 is 95.3 Å². The molecule has 5 saturated heterocycles. The van der Waals surface area contributed by atoms with Gasteiger partial charge in [-0.25, -0.2) is 14.1 Å². The molecular weight excluding hydrogens is 1350 g/mol. The number of ether oxygens (including phenoxy) is 3. The van der Waals surface area contributed by atoms with Crippen molar-refractivity contribution in [1.82, 2.24) is 34.2 Å². The molecule has 18 nitrogen and oxygen atoms in total. The fourth-order valence-electron chi connectivity index (χ4n) is 13.4. The van der Waals surface area contributed by atoms with Crippen LogP contribution in [0.2, 0.25) is 15.1 Å². The number of allylic oxidation sites excluding steroid dienone is 1. The Balaban J connectivity index is 0.000000236. The summed E-state index contributed by atoms with van der Waals surface area (Å²) in [4.78, 5) is 52.4. The number of rotatable bonds is 13. The summed E-state index contributed by atoms with van der Waals surface area (Å²) >= 11 is 18.1. The number of piperidine rings is 4. The van der Waals surface area contributed by atoms with Gasteiger partial charge in [-0.05, 0) is 227 Å². The molecule has 1 atom stereocenters. The van der Waals surface area contributed by atoms with E-state index in [1.165, 1.54) is 24.0 Å². The van der Waals surface area contributed by atoms with E-state index in [0.717, 1.165) is 123 Å². The second kappa shape index (κ2) is 38.3. The van der Waals surface area contributed by atoms with Crippen molar-refractivity contribution in [2.75, 3.05) is 96.5 Å². The monoisotopic (exact) mass is 1460 g/mol. The molecule has 0 spiro atoms. The second-order valence-corrected chi connectivity index (χ2v) is 31.2. The van der Waals surface area contributed by atoms with Gasteiger partial charge in [0.05, 0.1) is 18.4 Å². The Hall–Kier alpha value is -4.84. The van der Waals surface area contributed by atoms with Gasteiger partial charge in [0.1, 0.15) is 11.2 Å². The third-order valence-corrected chi connectivity index (χ3v) is 19.8. The van der Waals surface area contributed by atoms with Crippen LogP contribution in [-0.4, -0.2) is 178 Å². The fourth-order valence-corrected chi connectivity index (χ4v) is 13.8. The number of carbonyl (C=O) groups excluding carboxylic acids is 3. The van der Waals surface area contributed by atoms with Gasteiger partial charge in [0.15, 0.2) is 5.65 Å². The molecular formula is C78H109Cl3KN9O9. The second-order valence-electron chi connectivity index (χ2n) is 29.9. The van der Waals surface area contributed by atoms with E-state index in [1.54, 1.807) is 30.2 Å². The fraction of sp³-hybridized carbons (Fsp3) is 0.551. The van der Waals surface area contributed by atoms with Gasteiger partial charge in [0.25, 0.3) is 5.91 Å². The standard InChI is InChI=1S/C33H40ClN7O3.C19H28ClNO2.C18H24ClNO2.C4H8O.C4H9O.K/c1-38-18-13-27(14-19-38)39(2)31(44)23-5-11-26(12-6-23)35-32-36-30-28(4-3-17-41(30)37-32)40-20-15-33(16-21-40,29(43)22-42)24-7-9-25(34)10-8-24;1-5-10-19(15-6-8-16(20)9-7-15)11-13-21(14-12-19)17(22)23-18(2,3)4;1-5-18(14-6-8-15(19)9-7-14)10-12-20(13-11-18)16(21)22-17(2,3)4;1-2-4-5-3-1;1-4(2,3)5;/h3-12,17,27,29,42-43H,13-16,18-22H2,1-2H3,(H,35,37);6-9H,5,10-14H2,1-4H3;5-9H,1,10-13H2,2-4H3;1-4H2;1-3H3;/q;;;;-1;+1. The first kappa shape index (κ1) is 84.1. The number of benzene rings is 4. The molecule has 1 unspecified atom stereocenters. The number of aliphatic hydroxyl groups excluding tert-OH is 2. The number of pyridine rings is 1. The molecule has 11 rings (SSSR count). The normalized spacial score (nSPS) is 17.9. The Morgan fingerprint density at radius 1 is 0.710 bits per heavy atom. The minimum atomic E-state index is -0.873. The van der Waals surface area contributed by atoms with Crippen LogP contribution in [0, 0.1) is 0 Å². The number of nitrogens with one attached hydrogen (secondary N) is 1. The molecule has 3 amide bonds. The molecule has 0 aliphatic carbocycles. The average Bonchev–Trinajstić information content (AvgIpc) is 1.38. The predicted octanol–water partition coefficient (Wildman–Crippen LogP) is 12.3. The van der Waals surface area contributed by atoms with Crippen molar-refractivity contribution in [3.8, 4) is 0 Å². The Kier molecular flexibility index (Phi) is 32.2. The molecule has 22 heteroatoms. The predicted molar refractivity (Wildman–Crippen MR) is 398 cm³/mol. The molecule has 5 aliphatic rings. The molecule has 3 N–H and O–H groups in total. The van der Waals surface area contributed by atoms with Crippen molar-refractivity contribution >= 4 is 75.9 Å². The van der Waals surface area contributed by atoms with E-state index >= 15 is 0 Å². The topological polar surface area (TPSA) is 201 Å². The smallest absolute Gasteiger partial charge is 0.850 e. The van der Waals surface area contributed by atoms with E-state index in [0.29, 0.717) is 55.6 Å². The van der Waals surface area contributed by atoms with Gasteiger partial charge in [-0.3, -0.25) is 4.79 Å². The number of hydrogen-bond acceptors (Lipinski definition) is 14. The minimum absolute atomic E-state index is 0. The van der Waals surface area contributed by atoms with Crippen molar-refractivity contribution in [1.29, 1.82) is 0 Å². The van der Waals surface area contributed by atoms with Crippen LogP contribution in [0.4, 0.5) is 26.9 Å². The van der Waals surface area contributed by atoms with Crippen molar-refractivity contribution in [2.24, 2.45) is 0 Å². The molecule has 5 fully saturated rings. The zero-order chi connectivity index (χ0) is 72.3. The number of aromatic nitrogens is 3. The van der Waals surface area contributed by atoms with E-state index < -0.39 is 28.3 Å². The number of carbonyl (C=O) groups is 3. The summed E-state index contributed by atoms with van der Waals surface area (Å²) in [6.45, 7) is 30.4. The van der Waals surface area contributed by atoms with Gasteiger partial charge in [-0.15, -0.1) is 17.3 Å². The van der Waals surface area contributed by atoms with Crippen LogP contribution < -0.4 is 66.7 Å². The minimum Gasteiger partial charge on any atom is -0.850 e. The summed E-state index contributed by atoms with van der Waals surface area (Å²) in [6, 6.07) is 35.4. The van der Waals surface area contributed by atoms with Crippen molar-refractivity contribution in [3.05, 3.63) is 165 Å². The number of fused-ring (bicyclic) bond motifs is 1. The SMILES string of the molecule is C1CCOC1.C=CC1(c2ccc(Cl)cc2)CCN(C(=O)OC(C)(C)C)CC1.CC(C)(C)[O-].CCCC1(c2ccc(Cl)cc2)CCN(C(=O)OC(C)(C)C)CC1.CN1CCC(N(C)C(=O)c2ccc(Nc3nc4c(N5CCC(c6ccc(Cl)cc6)(C(O)CO)CC5)cccn4n3)cc2)CC1.[K+]. The van der Waals surface area contributed by atoms with Crippen LogP contribution >= 0.6 is 34.8 Å². The van der Waals surface area contributed by atoms with Gasteiger partial charge >= 0.3 is 63.6 Å². The number of anilines is 3. The number of nitrogens with zero attached hydrogens (tertiary/aromatic N) is 8. The first-order valence-electron chi connectivity index (χ1n) is 35.2. The first-order chi connectivity index (χ1) is 46.8. The quantitative estimate of drug-likeness (QED) is 0.0728. The molecule has 0 radical (unpaired) electrons. The van der Waals surface area contributed by atoms with E-state index in [9.17, 15) is 29.7 Å². The maximum Gasteiger partial charge on any atom is 1.00 e. The zero-order valence-corrected chi connectivity index (χ0v) is 67.0. The third-order valence-electron chi connectivity index (χ3n) is 19.0. The van der Waals surface area contributed by atoms with Gasteiger partial charge in [0.2, 0.25) is 5.95 Å². The maximum atomic E-state index is 13.1. The number of halogens is 3. The number of amides is 3. The van der Waals surface area contributed by atoms with E-state index in [-0.39, 0.29) is 93.0 Å². The third kappa shape index (κ3) is 24.6. The molecule has 0 bridgehead atoms. The van der Waals surface area contributed by atoms with Crippen LogP contribution in [0.1, 0.15) is 173 Å². The summed E-state index contributed by atoms with van der Waals surface area (Å²) in [5.74, 6) is 0.498. The molecule has 7 heterocycles. The number of likely N-dealkylation sites (tertiary alicyclic amines) is 3. The van der Waals surface area contributed by atoms with Crippen LogP contribution in [0.5, 0.6) is 0 Å². The Bertz CT molecular complexity index is 3480. The first-order valence-corrected chi connectivity index (χ1v) is 36.3. The summed E-state index contributed by atoms with van der Waals surface area (Å²) in [7, 11) is 4.02. The molecule has 542 valence electrons. The van der Waals surface area contributed by atoms with E-state index in [1.807, 2.05) is 168 Å². The van der Waals surface area contributed by atoms with Crippen LogP contribution in [0.3, 0.4) is 0 Å².